The fraction of sp³-hybridized carbons (Fsp3) is 0.421. The van der Waals surface area contributed by atoms with Gasteiger partial charge in [-0.25, -0.2) is 4.68 Å². The largest absolute Gasteiger partial charge is 0.299 e. The molecule has 6 heteroatoms. The molecule has 0 unspecified atom stereocenters. The lowest BCUT2D eigenvalue weighted by atomic mass is 10.0. The van der Waals surface area contributed by atoms with Gasteiger partial charge < -0.3 is 0 Å². The minimum absolute atomic E-state index is 0.0167. The SMILES string of the molecule is Cc1cc2n(n1)CCCN2C(=O)CCC(=O)Cc1cccc(Cl)c1C. The van der Waals surface area contributed by atoms with Crippen LogP contribution in [0, 0.1) is 13.8 Å². The second-order valence-corrected chi connectivity index (χ2v) is 6.91. The predicted octanol–water partition coefficient (Wildman–Crippen LogP) is 3.48. The van der Waals surface area contributed by atoms with E-state index in [2.05, 4.69) is 5.10 Å². The minimum Gasteiger partial charge on any atom is -0.299 e. The van der Waals surface area contributed by atoms with Crippen LogP contribution in [0.2, 0.25) is 5.02 Å². The number of rotatable bonds is 5. The van der Waals surface area contributed by atoms with E-state index < -0.39 is 0 Å². The van der Waals surface area contributed by atoms with E-state index in [0.29, 0.717) is 18.0 Å². The number of aromatic nitrogens is 2. The maximum absolute atomic E-state index is 12.6. The molecule has 25 heavy (non-hydrogen) atoms. The Balaban J connectivity index is 1.59. The summed E-state index contributed by atoms with van der Waals surface area (Å²) in [6.07, 6.45) is 1.67. The van der Waals surface area contributed by atoms with Gasteiger partial charge in [-0.05, 0) is 37.5 Å². The zero-order chi connectivity index (χ0) is 18.0. The molecule has 0 N–H and O–H groups in total. The molecule has 3 rings (SSSR count). The van der Waals surface area contributed by atoms with Crippen LogP contribution in [-0.2, 0) is 22.6 Å². The summed E-state index contributed by atoms with van der Waals surface area (Å²) >= 11 is 6.10. The third-order valence-electron chi connectivity index (χ3n) is 4.60. The molecule has 2 aromatic rings. The third-order valence-corrected chi connectivity index (χ3v) is 5.00. The second kappa shape index (κ2) is 7.40. The van der Waals surface area contributed by atoms with Crippen LogP contribution in [0.15, 0.2) is 24.3 Å². The Kier molecular flexibility index (Phi) is 5.23. The minimum atomic E-state index is -0.0167. The molecular formula is C19H22ClN3O2. The van der Waals surface area contributed by atoms with Crippen LogP contribution in [0.4, 0.5) is 5.82 Å². The van der Waals surface area contributed by atoms with E-state index >= 15 is 0 Å². The maximum atomic E-state index is 12.6. The monoisotopic (exact) mass is 359 g/mol. The number of halogens is 1. The summed E-state index contributed by atoms with van der Waals surface area (Å²) in [6.45, 7) is 5.35. The van der Waals surface area contributed by atoms with Gasteiger partial charge in [-0.2, -0.15) is 5.10 Å². The molecule has 0 saturated heterocycles. The molecule has 0 radical (unpaired) electrons. The van der Waals surface area contributed by atoms with Gasteiger partial charge in [-0.3, -0.25) is 14.5 Å². The Morgan fingerprint density at radius 2 is 2.00 bits per heavy atom. The summed E-state index contributed by atoms with van der Waals surface area (Å²) in [6, 6.07) is 7.50. The van der Waals surface area contributed by atoms with E-state index in [0.717, 1.165) is 35.6 Å². The van der Waals surface area contributed by atoms with E-state index in [-0.39, 0.29) is 24.5 Å². The van der Waals surface area contributed by atoms with Crippen molar-refractivity contribution in [2.45, 2.75) is 46.1 Å². The summed E-state index contributed by atoms with van der Waals surface area (Å²) in [5, 5.41) is 5.06. The number of benzene rings is 1. The Labute approximate surface area is 152 Å². The van der Waals surface area contributed by atoms with Crippen molar-refractivity contribution in [1.29, 1.82) is 0 Å². The van der Waals surface area contributed by atoms with Gasteiger partial charge in [0.15, 0.2) is 0 Å². The summed E-state index contributed by atoms with van der Waals surface area (Å²) < 4.78 is 1.87. The van der Waals surface area contributed by atoms with Crippen molar-refractivity contribution in [3.05, 3.63) is 46.1 Å². The third kappa shape index (κ3) is 3.93. The van der Waals surface area contributed by atoms with Gasteiger partial charge in [-0.15, -0.1) is 0 Å². The van der Waals surface area contributed by atoms with Crippen LogP contribution in [0.3, 0.4) is 0 Å². The lowest BCUT2D eigenvalue weighted by molar-refractivity contribution is -0.123. The fourth-order valence-corrected chi connectivity index (χ4v) is 3.38. The van der Waals surface area contributed by atoms with Crippen LogP contribution >= 0.6 is 11.6 Å². The molecule has 0 fully saturated rings. The molecule has 1 aromatic carbocycles. The van der Waals surface area contributed by atoms with Crippen LogP contribution in [-0.4, -0.2) is 28.0 Å². The number of fused-ring (bicyclic) bond motifs is 1. The number of anilines is 1. The van der Waals surface area contributed by atoms with E-state index in [1.165, 1.54) is 0 Å². The number of carbonyl (C=O) groups excluding carboxylic acids is 2. The second-order valence-electron chi connectivity index (χ2n) is 6.51. The number of amides is 1. The predicted molar refractivity (Wildman–Crippen MR) is 98.1 cm³/mol. The Morgan fingerprint density at radius 3 is 2.80 bits per heavy atom. The highest BCUT2D eigenvalue weighted by Gasteiger charge is 2.24. The Morgan fingerprint density at radius 1 is 1.20 bits per heavy atom. The highest BCUT2D eigenvalue weighted by atomic mass is 35.5. The molecule has 0 aliphatic carbocycles. The van der Waals surface area contributed by atoms with Crippen LogP contribution in [0.1, 0.15) is 36.1 Å². The maximum Gasteiger partial charge on any atom is 0.228 e. The lowest BCUT2D eigenvalue weighted by Crippen LogP contribution is -2.37. The molecule has 1 aliphatic rings. The Hall–Kier alpha value is -2.14. The number of hydrogen-bond donors (Lipinski definition) is 0. The fourth-order valence-electron chi connectivity index (χ4n) is 3.19. The average molecular weight is 360 g/mol. The molecule has 132 valence electrons. The molecule has 1 amide bonds. The molecule has 5 nitrogen and oxygen atoms in total. The quantitative estimate of drug-likeness (QED) is 0.821. The van der Waals surface area contributed by atoms with Crippen molar-refractivity contribution in [1.82, 2.24) is 9.78 Å². The van der Waals surface area contributed by atoms with Gasteiger partial charge >= 0.3 is 0 Å². The molecule has 1 aliphatic heterocycles. The standard InChI is InChI=1S/C19H22ClN3O2/c1-13-11-18-22(9-4-10-23(18)21-13)19(25)8-7-16(24)12-15-5-3-6-17(20)14(15)2/h3,5-6,11H,4,7-10,12H2,1-2H3. The van der Waals surface area contributed by atoms with Gasteiger partial charge in [0.25, 0.3) is 0 Å². The van der Waals surface area contributed by atoms with Crippen molar-refractivity contribution < 1.29 is 9.59 Å². The number of nitrogens with zero attached hydrogens (tertiary/aromatic N) is 3. The van der Waals surface area contributed by atoms with Crippen molar-refractivity contribution >= 4 is 29.1 Å². The molecule has 0 spiro atoms. The van der Waals surface area contributed by atoms with E-state index in [1.807, 2.05) is 42.8 Å². The molecule has 0 saturated carbocycles. The number of aryl methyl sites for hydroxylation is 2. The first kappa shape index (κ1) is 17.7. The first-order valence-electron chi connectivity index (χ1n) is 8.56. The molecular weight excluding hydrogens is 338 g/mol. The number of ketones is 1. The van der Waals surface area contributed by atoms with Crippen LogP contribution < -0.4 is 4.90 Å². The number of hydrogen-bond acceptors (Lipinski definition) is 3. The number of Topliss-reactive ketones (excluding diaryl/α,β-unsaturated/α-hetero) is 1. The summed E-state index contributed by atoms with van der Waals surface area (Å²) in [7, 11) is 0. The average Bonchev–Trinajstić information content (AvgIpc) is 2.97. The van der Waals surface area contributed by atoms with E-state index in [4.69, 9.17) is 11.6 Å². The summed E-state index contributed by atoms with van der Waals surface area (Å²) in [5.41, 5.74) is 2.76. The first-order chi connectivity index (χ1) is 12.0. The van der Waals surface area contributed by atoms with Gasteiger partial charge in [-0.1, -0.05) is 23.7 Å². The van der Waals surface area contributed by atoms with E-state index in [9.17, 15) is 9.59 Å². The number of carbonyl (C=O) groups is 2. The van der Waals surface area contributed by atoms with Gasteiger partial charge in [0, 0.05) is 43.4 Å². The van der Waals surface area contributed by atoms with Gasteiger partial charge in [0.2, 0.25) is 5.91 Å². The zero-order valence-electron chi connectivity index (χ0n) is 14.6. The van der Waals surface area contributed by atoms with Crippen molar-refractivity contribution in [2.75, 3.05) is 11.4 Å². The summed E-state index contributed by atoms with van der Waals surface area (Å²) in [4.78, 5) is 26.6. The Bertz CT molecular complexity index is 813. The van der Waals surface area contributed by atoms with Crippen LogP contribution in [0.5, 0.6) is 0 Å². The molecule has 1 aromatic heterocycles. The highest BCUT2D eigenvalue weighted by molar-refractivity contribution is 6.31. The van der Waals surface area contributed by atoms with Gasteiger partial charge in [0.1, 0.15) is 11.6 Å². The van der Waals surface area contributed by atoms with Crippen molar-refractivity contribution in [3.8, 4) is 0 Å². The van der Waals surface area contributed by atoms with Crippen molar-refractivity contribution in [2.24, 2.45) is 0 Å². The highest BCUT2D eigenvalue weighted by Crippen LogP contribution is 2.23. The lowest BCUT2D eigenvalue weighted by Gasteiger charge is -2.27. The molecule has 2 heterocycles. The van der Waals surface area contributed by atoms with E-state index in [1.54, 1.807) is 4.90 Å². The molecule has 0 atom stereocenters. The normalized spacial score (nSPS) is 13.6. The van der Waals surface area contributed by atoms with Crippen LogP contribution in [0.25, 0.3) is 0 Å². The van der Waals surface area contributed by atoms with Crippen molar-refractivity contribution in [3.63, 3.8) is 0 Å². The smallest absolute Gasteiger partial charge is 0.228 e. The first-order valence-corrected chi connectivity index (χ1v) is 8.94. The zero-order valence-corrected chi connectivity index (χ0v) is 15.3. The van der Waals surface area contributed by atoms with Gasteiger partial charge in [0.05, 0.1) is 5.69 Å². The summed E-state index contributed by atoms with van der Waals surface area (Å²) in [5.74, 6) is 0.879. The topological polar surface area (TPSA) is 55.2 Å². The molecule has 0 bridgehead atoms.